The number of primary amides is 1. The molecule has 7 rings (SSSR count). The molecule has 0 saturated carbocycles. The number of aromatic nitrogens is 3. The number of likely N-dealkylation sites (tertiary alicyclic amines) is 2. The van der Waals surface area contributed by atoms with E-state index < -0.39 is 47.1 Å². The first-order valence-corrected chi connectivity index (χ1v) is 27.9. The number of aliphatic hydroxyl groups excluding tert-OH is 1. The average Bonchev–Trinajstić information content (AvgIpc) is 4.18. The molecule has 21 nitrogen and oxygen atoms in total. The quantitative estimate of drug-likeness (QED) is 0.0366. The van der Waals surface area contributed by atoms with Crippen molar-refractivity contribution >= 4 is 46.7 Å². The van der Waals surface area contributed by atoms with Crippen LogP contribution in [0.15, 0.2) is 72.2 Å². The number of rotatable bonds is 29. The average molecular weight is 1150 g/mol. The highest BCUT2D eigenvalue weighted by molar-refractivity contribution is 7.13. The molecule has 81 heavy (non-hydrogen) atoms. The zero-order valence-corrected chi connectivity index (χ0v) is 47.0. The van der Waals surface area contributed by atoms with Gasteiger partial charge >= 0.3 is 0 Å². The third-order valence-electron chi connectivity index (χ3n) is 13.7. The van der Waals surface area contributed by atoms with Crippen molar-refractivity contribution in [2.75, 3.05) is 91.4 Å². The minimum absolute atomic E-state index is 0.000202. The number of halogens is 2. The Labute approximate surface area is 473 Å². The first-order chi connectivity index (χ1) is 38.9. The van der Waals surface area contributed by atoms with E-state index in [1.807, 2.05) is 52.0 Å². The zero-order chi connectivity index (χ0) is 58.1. The molecule has 2 aliphatic heterocycles. The van der Waals surface area contributed by atoms with E-state index in [9.17, 15) is 37.9 Å². The molecule has 2 aromatic heterocycles. The molecular weight excluding hydrogens is 1070 g/mol. The van der Waals surface area contributed by atoms with E-state index in [-0.39, 0.29) is 118 Å². The van der Waals surface area contributed by atoms with Crippen molar-refractivity contribution in [2.45, 2.75) is 90.6 Å². The van der Waals surface area contributed by atoms with Crippen LogP contribution in [0.4, 0.5) is 14.6 Å². The Kier molecular flexibility index (Phi) is 22.6. The van der Waals surface area contributed by atoms with E-state index in [0.29, 0.717) is 64.5 Å². The lowest BCUT2D eigenvalue weighted by Gasteiger charge is -2.35. The highest BCUT2D eigenvalue weighted by Gasteiger charge is 2.44. The largest absolute Gasteiger partial charge is 0.454 e. The summed E-state index contributed by atoms with van der Waals surface area (Å²) in [5.41, 5.74) is 17.0. The van der Waals surface area contributed by atoms with Gasteiger partial charge in [-0.05, 0) is 72.7 Å². The number of anilines is 1. The van der Waals surface area contributed by atoms with Crippen molar-refractivity contribution in [2.24, 2.45) is 11.1 Å². The van der Waals surface area contributed by atoms with Gasteiger partial charge in [0.1, 0.15) is 40.7 Å². The molecule has 2 saturated heterocycles. The highest BCUT2D eigenvalue weighted by Crippen LogP contribution is 2.35. The van der Waals surface area contributed by atoms with Gasteiger partial charge in [-0.1, -0.05) is 45.0 Å². The molecular formula is C57H73F2N9O12S. The fourth-order valence-electron chi connectivity index (χ4n) is 9.40. The maximum absolute atomic E-state index is 14.1. The topological polar surface area (TPSA) is 274 Å². The Hall–Kier alpha value is -6.93. The van der Waals surface area contributed by atoms with E-state index in [0.717, 1.165) is 33.8 Å². The summed E-state index contributed by atoms with van der Waals surface area (Å²) < 4.78 is 62.5. The lowest BCUT2D eigenvalue weighted by atomic mass is 9.85. The van der Waals surface area contributed by atoms with Crippen LogP contribution in [0.5, 0.6) is 11.5 Å². The van der Waals surface area contributed by atoms with Gasteiger partial charge in [-0.2, -0.15) is 5.10 Å². The molecule has 4 heterocycles. The Morgan fingerprint density at radius 1 is 0.827 bits per heavy atom. The Morgan fingerprint density at radius 3 is 2.04 bits per heavy atom. The maximum atomic E-state index is 14.1. The number of thiazole rings is 1. The van der Waals surface area contributed by atoms with E-state index in [2.05, 4.69) is 20.7 Å². The molecule has 2 aliphatic rings. The van der Waals surface area contributed by atoms with E-state index in [1.54, 1.807) is 46.0 Å². The molecule has 0 radical (unpaired) electrons. The number of ether oxygens (including phenoxy) is 6. The number of aliphatic hydroxyl groups is 1. The number of carbonyl (C=O) groups excluding carboxylic acids is 5. The third kappa shape index (κ3) is 17.5. The molecule has 5 amide bonds. The standard InChI is InChI=1S/C57H73F2N9O12S/c1-36-51(81-35-63-36)39-9-7-37(8-10-39)32-62-55(73)45-31-42(69)34-67(45)56(74)52(57(2,3)4)64-47(70)17-20-75-22-24-77-26-28-79-29-27-78-25-23-76-21-18-48(71)66-19-5-6-41(33-66)68-53(60)49(54(61)72)50(65-68)38-11-14-43(15-12-38)80-46-16-13-40(58)30-44(46)59/h7-16,30,35,41-42,45,52,69H,5-6,17-29,31-34,60H2,1-4H3,(H2,61,72)(H,62,73)(H,64,70). The van der Waals surface area contributed by atoms with E-state index in [1.165, 1.54) is 15.6 Å². The van der Waals surface area contributed by atoms with Gasteiger partial charge in [0.05, 0.1) is 101 Å². The second kappa shape index (κ2) is 29.7. The third-order valence-corrected chi connectivity index (χ3v) is 14.6. The van der Waals surface area contributed by atoms with Crippen LogP contribution in [-0.4, -0.2) is 163 Å². The van der Waals surface area contributed by atoms with E-state index in [4.69, 9.17) is 39.9 Å². The van der Waals surface area contributed by atoms with Crippen LogP contribution in [0.3, 0.4) is 0 Å². The van der Waals surface area contributed by atoms with Gasteiger partial charge < -0.3 is 65.4 Å². The van der Waals surface area contributed by atoms with Crippen LogP contribution >= 0.6 is 11.3 Å². The van der Waals surface area contributed by atoms with Gasteiger partial charge in [-0.25, -0.2) is 18.4 Å². The second-order valence-electron chi connectivity index (χ2n) is 20.8. The van der Waals surface area contributed by atoms with Crippen molar-refractivity contribution in [1.29, 1.82) is 0 Å². The molecule has 2 fully saturated rings. The molecule has 7 N–H and O–H groups in total. The number of nitrogens with two attached hydrogens (primary N) is 2. The van der Waals surface area contributed by atoms with Gasteiger partial charge in [0, 0.05) is 50.7 Å². The lowest BCUT2D eigenvalue weighted by Crippen LogP contribution is -2.57. The van der Waals surface area contributed by atoms with Crippen LogP contribution in [0.25, 0.3) is 21.7 Å². The molecule has 438 valence electrons. The Morgan fingerprint density at radius 2 is 1.44 bits per heavy atom. The second-order valence-corrected chi connectivity index (χ2v) is 21.6. The van der Waals surface area contributed by atoms with Crippen molar-refractivity contribution < 1.29 is 66.3 Å². The summed E-state index contributed by atoms with van der Waals surface area (Å²) in [7, 11) is 0. The fraction of sp³-hybridized carbons (Fsp3) is 0.491. The number of piperidine rings is 1. The molecule has 0 spiro atoms. The molecule has 24 heteroatoms. The van der Waals surface area contributed by atoms with Crippen LogP contribution < -0.4 is 26.8 Å². The summed E-state index contributed by atoms with van der Waals surface area (Å²) in [5, 5.41) is 21.0. The molecule has 0 bridgehead atoms. The maximum Gasteiger partial charge on any atom is 0.254 e. The van der Waals surface area contributed by atoms with Gasteiger partial charge in [0.15, 0.2) is 11.6 Å². The van der Waals surface area contributed by atoms with Crippen molar-refractivity contribution in [3.05, 3.63) is 101 Å². The van der Waals surface area contributed by atoms with Gasteiger partial charge in [0.25, 0.3) is 5.91 Å². The van der Waals surface area contributed by atoms with Gasteiger partial charge in [-0.15, -0.1) is 11.3 Å². The van der Waals surface area contributed by atoms with Crippen molar-refractivity contribution in [1.82, 2.24) is 35.2 Å². The monoisotopic (exact) mass is 1150 g/mol. The SMILES string of the molecule is Cc1ncsc1-c1ccc(CNC(=O)C2CC(O)CN2C(=O)C(NC(=O)CCOCCOCCOCCOCCOCCC(=O)N2CCCC(n3nc(-c4ccc(Oc5ccc(F)cc5F)cc4)c(C(N)=O)c3N)C2)C(C)(C)C)cc1. The molecule has 0 aliphatic carbocycles. The number of carbonyl (C=O) groups is 5. The summed E-state index contributed by atoms with van der Waals surface area (Å²) in [6.45, 7) is 11.3. The number of amides is 5. The summed E-state index contributed by atoms with van der Waals surface area (Å²) in [6, 6.07) is 15.0. The lowest BCUT2D eigenvalue weighted by molar-refractivity contribution is -0.144. The first-order valence-electron chi connectivity index (χ1n) is 27.0. The Bertz CT molecular complexity index is 2900. The zero-order valence-electron chi connectivity index (χ0n) is 46.2. The summed E-state index contributed by atoms with van der Waals surface area (Å²) in [4.78, 5) is 74.7. The predicted molar refractivity (Wildman–Crippen MR) is 297 cm³/mol. The number of hydrogen-bond acceptors (Lipinski definition) is 16. The number of benzene rings is 3. The van der Waals surface area contributed by atoms with Gasteiger partial charge in [0.2, 0.25) is 23.6 Å². The summed E-state index contributed by atoms with van der Waals surface area (Å²) >= 11 is 1.56. The van der Waals surface area contributed by atoms with Crippen LogP contribution in [0.1, 0.15) is 80.5 Å². The number of nitrogen functional groups attached to an aromatic ring is 1. The van der Waals surface area contributed by atoms with Gasteiger partial charge in [-0.3, -0.25) is 24.0 Å². The molecule has 4 unspecified atom stereocenters. The summed E-state index contributed by atoms with van der Waals surface area (Å²) in [5.74, 6) is -3.48. The smallest absolute Gasteiger partial charge is 0.254 e. The van der Waals surface area contributed by atoms with Crippen LogP contribution in [0.2, 0.25) is 0 Å². The molecule has 4 atom stereocenters. The van der Waals surface area contributed by atoms with Crippen LogP contribution in [0, 0.1) is 24.0 Å². The molecule has 5 aromatic rings. The highest BCUT2D eigenvalue weighted by atomic mass is 32.1. The van der Waals surface area contributed by atoms with Crippen molar-refractivity contribution in [3.63, 3.8) is 0 Å². The number of β-amino-alcohol motifs (C(OH)–C–C–N with tert-alkyl or cyclic N) is 1. The van der Waals surface area contributed by atoms with E-state index >= 15 is 0 Å². The minimum Gasteiger partial charge on any atom is -0.454 e. The van der Waals surface area contributed by atoms with Crippen molar-refractivity contribution in [3.8, 4) is 33.2 Å². The predicted octanol–water partition coefficient (Wildman–Crippen LogP) is 5.57. The molecule has 3 aromatic carbocycles. The number of aryl methyl sites for hydroxylation is 1. The number of hydrogen-bond donors (Lipinski definition) is 5. The number of nitrogens with one attached hydrogen (secondary N) is 2. The van der Waals surface area contributed by atoms with Crippen LogP contribution in [-0.2, 0) is 49.4 Å². The Balaban J connectivity index is 0.704. The fourth-order valence-corrected chi connectivity index (χ4v) is 10.2. The normalized spacial score (nSPS) is 16.8. The summed E-state index contributed by atoms with van der Waals surface area (Å²) in [6.07, 6.45) is 0.703. The number of nitrogens with zero attached hydrogens (tertiary/aromatic N) is 5. The first kappa shape index (κ1) is 61.7. The minimum atomic E-state index is -0.953.